The molecule has 0 saturated heterocycles. The van der Waals surface area contributed by atoms with E-state index < -0.39 is 16.7 Å². The Balaban J connectivity index is 3.14. The highest BCUT2D eigenvalue weighted by Crippen LogP contribution is 2.25. The third-order valence-electron chi connectivity index (χ3n) is 1.10. The van der Waals surface area contributed by atoms with Crippen LogP contribution in [0.25, 0.3) is 0 Å². The van der Waals surface area contributed by atoms with Crippen LogP contribution in [0.1, 0.15) is 5.69 Å². The van der Waals surface area contributed by atoms with Crippen LogP contribution in [0.2, 0.25) is 0 Å². The van der Waals surface area contributed by atoms with E-state index in [0.717, 1.165) is 6.07 Å². The van der Waals surface area contributed by atoms with Crippen molar-refractivity contribution in [3.8, 4) is 0 Å². The maximum atomic E-state index is 12.3. The number of aromatic nitrogens is 1. The lowest BCUT2D eigenvalue weighted by Crippen LogP contribution is -2.33. The summed E-state index contributed by atoms with van der Waals surface area (Å²) in [6.45, 7) is 0. The molecule has 0 atom stereocenters. The molecule has 0 aliphatic rings. The fourth-order valence-corrected chi connectivity index (χ4v) is 0.639. The lowest BCUT2D eigenvalue weighted by Gasteiger charge is -1.97. The summed E-state index contributed by atoms with van der Waals surface area (Å²) < 4.78 is 47.6. The van der Waals surface area contributed by atoms with Gasteiger partial charge in [-0.05, 0) is 6.07 Å². The minimum atomic E-state index is -4.63. The summed E-state index contributed by atoms with van der Waals surface area (Å²) in [6.07, 6.45) is -3.93. The minimum absolute atomic E-state index is 0.458. The summed E-state index contributed by atoms with van der Waals surface area (Å²) in [5.74, 6) is 0. The quantitative estimate of drug-likeness (QED) is 0.516. The Hall–Kier alpha value is -1.13. The standard InChI is InChI=1S/C6H4F4N/c7-6(8,9)5-3-1-2-4-11(5)10/h1-4H/q+1. The topological polar surface area (TPSA) is 3.88 Å². The van der Waals surface area contributed by atoms with Crippen molar-refractivity contribution in [2.75, 3.05) is 0 Å². The van der Waals surface area contributed by atoms with E-state index in [0.29, 0.717) is 12.3 Å². The molecule has 0 bridgehead atoms. The highest BCUT2D eigenvalue weighted by Gasteiger charge is 2.41. The van der Waals surface area contributed by atoms with E-state index in [-0.39, 0.29) is 0 Å². The average molecular weight is 166 g/mol. The fraction of sp³-hybridized carbons (Fsp3) is 0.167. The summed E-state index contributed by atoms with van der Waals surface area (Å²) >= 11 is 0. The second kappa shape index (κ2) is 2.48. The molecule has 0 spiro atoms. The van der Waals surface area contributed by atoms with Gasteiger partial charge in [-0.25, -0.2) is 0 Å². The van der Waals surface area contributed by atoms with E-state index >= 15 is 0 Å². The molecule has 60 valence electrons. The molecule has 1 aromatic heterocycles. The van der Waals surface area contributed by atoms with Gasteiger partial charge in [0.05, 0.1) is 4.48 Å². The Kier molecular flexibility index (Phi) is 1.80. The molecule has 1 heterocycles. The number of hydrogen-bond acceptors (Lipinski definition) is 0. The molecule has 1 rings (SSSR count). The Morgan fingerprint density at radius 1 is 1.18 bits per heavy atom. The summed E-state index contributed by atoms with van der Waals surface area (Å²) in [4.78, 5) is -0.458. The summed E-state index contributed by atoms with van der Waals surface area (Å²) in [7, 11) is 0. The largest absolute Gasteiger partial charge is 0.481 e. The maximum absolute atomic E-state index is 12.3. The Morgan fingerprint density at radius 2 is 1.82 bits per heavy atom. The van der Waals surface area contributed by atoms with Crippen molar-refractivity contribution in [1.29, 1.82) is 0 Å². The van der Waals surface area contributed by atoms with Crippen LogP contribution in [-0.2, 0) is 6.18 Å². The zero-order chi connectivity index (χ0) is 8.48. The van der Waals surface area contributed by atoms with Crippen LogP contribution in [0.3, 0.4) is 0 Å². The number of alkyl halides is 3. The smallest absolute Gasteiger partial charge is 0.161 e. The Labute approximate surface area is 59.8 Å². The SMILES string of the molecule is F[n+]1ccccc1C(F)(F)F. The molecule has 0 aliphatic carbocycles. The predicted molar refractivity (Wildman–Crippen MR) is 28.1 cm³/mol. The first kappa shape index (κ1) is 7.97. The predicted octanol–water partition coefficient (Wildman–Crippen LogP) is 1.73. The molecule has 0 unspecified atom stereocenters. The first-order chi connectivity index (χ1) is 5.02. The van der Waals surface area contributed by atoms with Gasteiger partial charge in [-0.1, -0.05) is 0 Å². The van der Waals surface area contributed by atoms with Crippen molar-refractivity contribution in [2.45, 2.75) is 6.18 Å². The van der Waals surface area contributed by atoms with Gasteiger partial charge in [0.1, 0.15) is 0 Å². The van der Waals surface area contributed by atoms with Gasteiger partial charge in [0.25, 0.3) is 0 Å². The van der Waals surface area contributed by atoms with Gasteiger partial charge in [0, 0.05) is 16.9 Å². The monoisotopic (exact) mass is 166 g/mol. The van der Waals surface area contributed by atoms with Crippen LogP contribution in [0.5, 0.6) is 0 Å². The fourth-order valence-electron chi connectivity index (χ4n) is 0.639. The molecular formula is C6H4F4N+. The van der Waals surface area contributed by atoms with Crippen molar-refractivity contribution < 1.29 is 22.4 Å². The van der Waals surface area contributed by atoms with Crippen LogP contribution in [0, 0.1) is 0 Å². The molecule has 0 fully saturated rings. The average Bonchev–Trinajstić information content (AvgIpc) is 1.86. The summed E-state index contributed by atoms with van der Waals surface area (Å²) in [6, 6.07) is 2.97. The van der Waals surface area contributed by atoms with Gasteiger partial charge in [-0.3, -0.25) is 0 Å². The molecule has 0 aliphatic heterocycles. The van der Waals surface area contributed by atoms with Gasteiger partial charge >= 0.3 is 11.9 Å². The summed E-state index contributed by atoms with van der Waals surface area (Å²) in [5.41, 5.74) is -1.31. The van der Waals surface area contributed by atoms with Crippen molar-refractivity contribution >= 4 is 0 Å². The van der Waals surface area contributed by atoms with Crippen molar-refractivity contribution in [3.63, 3.8) is 0 Å². The molecule has 0 N–H and O–H groups in total. The molecule has 5 heteroatoms. The van der Waals surface area contributed by atoms with Crippen LogP contribution in [0.15, 0.2) is 24.4 Å². The van der Waals surface area contributed by atoms with Crippen molar-refractivity contribution in [1.82, 2.24) is 0 Å². The van der Waals surface area contributed by atoms with E-state index in [1.165, 1.54) is 6.07 Å². The van der Waals surface area contributed by atoms with E-state index in [4.69, 9.17) is 0 Å². The molecule has 1 aromatic rings. The van der Waals surface area contributed by atoms with Crippen molar-refractivity contribution in [3.05, 3.63) is 30.1 Å². The van der Waals surface area contributed by atoms with Crippen molar-refractivity contribution in [2.24, 2.45) is 0 Å². The van der Waals surface area contributed by atoms with Gasteiger partial charge in [-0.2, -0.15) is 13.2 Å². The molecule has 0 radical (unpaired) electrons. The normalized spacial score (nSPS) is 11.6. The van der Waals surface area contributed by atoms with Gasteiger partial charge in [0.2, 0.25) is 6.20 Å². The zero-order valence-electron chi connectivity index (χ0n) is 5.27. The molecule has 0 aromatic carbocycles. The Morgan fingerprint density at radius 3 is 2.18 bits per heavy atom. The number of nitrogens with zero attached hydrogens (tertiary/aromatic N) is 1. The second-order valence-electron chi connectivity index (χ2n) is 1.89. The van der Waals surface area contributed by atoms with Crippen LogP contribution in [0.4, 0.5) is 17.7 Å². The number of hydrogen-bond donors (Lipinski definition) is 0. The highest BCUT2D eigenvalue weighted by molar-refractivity contribution is 5.00. The lowest BCUT2D eigenvalue weighted by molar-refractivity contribution is -0.856. The number of rotatable bonds is 0. The van der Waals surface area contributed by atoms with Crippen LogP contribution in [-0.4, -0.2) is 0 Å². The minimum Gasteiger partial charge on any atom is -0.161 e. The first-order valence-electron chi connectivity index (χ1n) is 2.76. The Bertz CT molecular complexity index is 255. The molecule has 0 saturated carbocycles. The first-order valence-corrected chi connectivity index (χ1v) is 2.76. The van der Waals surface area contributed by atoms with Crippen LogP contribution >= 0.6 is 0 Å². The van der Waals surface area contributed by atoms with E-state index in [2.05, 4.69) is 0 Å². The van der Waals surface area contributed by atoms with E-state index in [1.807, 2.05) is 0 Å². The van der Waals surface area contributed by atoms with Gasteiger partial charge < -0.3 is 0 Å². The third-order valence-corrected chi connectivity index (χ3v) is 1.10. The molecular weight excluding hydrogens is 162 g/mol. The van der Waals surface area contributed by atoms with Crippen LogP contribution < -0.4 is 4.79 Å². The number of pyridine rings is 1. The summed E-state index contributed by atoms with van der Waals surface area (Å²) in [5, 5.41) is 0. The van der Waals surface area contributed by atoms with E-state index in [1.54, 1.807) is 0 Å². The number of halogens is 4. The van der Waals surface area contributed by atoms with Gasteiger partial charge in [-0.15, -0.1) is 0 Å². The second-order valence-corrected chi connectivity index (χ2v) is 1.89. The zero-order valence-corrected chi connectivity index (χ0v) is 5.27. The highest BCUT2D eigenvalue weighted by atomic mass is 19.4. The van der Waals surface area contributed by atoms with Gasteiger partial charge in [0.15, 0.2) is 0 Å². The maximum Gasteiger partial charge on any atom is 0.481 e. The molecule has 11 heavy (non-hydrogen) atoms. The molecule has 0 amide bonds. The lowest BCUT2D eigenvalue weighted by atomic mass is 10.3. The molecule has 1 nitrogen and oxygen atoms in total. The van der Waals surface area contributed by atoms with E-state index in [9.17, 15) is 17.7 Å². The third kappa shape index (κ3) is 1.66.